The van der Waals surface area contributed by atoms with Crippen molar-refractivity contribution in [1.29, 1.82) is 0 Å². The maximum absolute atomic E-state index is 12.1. The summed E-state index contributed by atoms with van der Waals surface area (Å²) >= 11 is 0. The number of carbonyl (C=O) groups is 2. The molecule has 104 valence electrons. The van der Waals surface area contributed by atoms with Crippen molar-refractivity contribution in [3.8, 4) is 0 Å². The number of hydrogen-bond acceptors (Lipinski definition) is 3. The van der Waals surface area contributed by atoms with Crippen molar-refractivity contribution in [3.05, 3.63) is 0 Å². The predicted molar refractivity (Wildman–Crippen MR) is 70.9 cm³/mol. The van der Waals surface area contributed by atoms with E-state index in [2.05, 4.69) is 5.32 Å². The van der Waals surface area contributed by atoms with Gasteiger partial charge in [-0.15, -0.1) is 0 Å². The maximum atomic E-state index is 12.1. The fourth-order valence-corrected chi connectivity index (χ4v) is 2.14. The highest BCUT2D eigenvalue weighted by atomic mass is 16.2. The zero-order valence-electron chi connectivity index (χ0n) is 11.7. The van der Waals surface area contributed by atoms with Gasteiger partial charge >= 0.3 is 0 Å². The Kier molecular flexibility index (Phi) is 5.14. The van der Waals surface area contributed by atoms with Crippen LogP contribution in [0.5, 0.6) is 0 Å². The van der Waals surface area contributed by atoms with Crippen molar-refractivity contribution in [1.82, 2.24) is 10.2 Å². The number of hydrogen-bond donors (Lipinski definition) is 2. The molecule has 1 saturated heterocycles. The van der Waals surface area contributed by atoms with E-state index in [-0.39, 0.29) is 17.9 Å². The number of nitrogens with one attached hydrogen (secondary N) is 1. The number of nitrogens with two attached hydrogens (primary N) is 1. The lowest BCUT2D eigenvalue weighted by molar-refractivity contribution is -0.142. The van der Waals surface area contributed by atoms with E-state index < -0.39 is 5.54 Å². The van der Waals surface area contributed by atoms with E-state index in [9.17, 15) is 9.59 Å². The SMILES string of the molecule is CCC(=O)N1CCCCC1C(=O)NCC(C)(C)N. The lowest BCUT2D eigenvalue weighted by atomic mass is 10.00. The lowest BCUT2D eigenvalue weighted by Gasteiger charge is -2.35. The summed E-state index contributed by atoms with van der Waals surface area (Å²) in [5, 5.41) is 2.84. The van der Waals surface area contributed by atoms with Crippen LogP contribution in [0.4, 0.5) is 0 Å². The van der Waals surface area contributed by atoms with Gasteiger partial charge in [0.15, 0.2) is 0 Å². The molecule has 0 aliphatic carbocycles. The Morgan fingerprint density at radius 1 is 1.39 bits per heavy atom. The molecule has 0 aromatic carbocycles. The predicted octanol–water partition coefficient (Wildman–Crippen LogP) is 0.631. The Morgan fingerprint density at radius 3 is 2.61 bits per heavy atom. The molecule has 0 saturated carbocycles. The summed E-state index contributed by atoms with van der Waals surface area (Å²) in [6.45, 7) is 6.67. The number of piperidine rings is 1. The second-order valence-corrected chi connectivity index (χ2v) is 5.66. The molecule has 5 heteroatoms. The van der Waals surface area contributed by atoms with E-state index in [1.807, 2.05) is 20.8 Å². The number of rotatable bonds is 4. The van der Waals surface area contributed by atoms with E-state index in [1.165, 1.54) is 0 Å². The van der Waals surface area contributed by atoms with E-state index in [1.54, 1.807) is 4.90 Å². The Labute approximate surface area is 109 Å². The van der Waals surface area contributed by atoms with Crippen LogP contribution in [0.2, 0.25) is 0 Å². The molecule has 1 aliphatic rings. The molecule has 3 N–H and O–H groups in total. The third kappa shape index (κ3) is 4.29. The van der Waals surface area contributed by atoms with E-state index >= 15 is 0 Å². The molecule has 0 radical (unpaired) electrons. The van der Waals surface area contributed by atoms with Crippen LogP contribution in [-0.4, -0.2) is 41.4 Å². The van der Waals surface area contributed by atoms with E-state index in [0.29, 0.717) is 19.5 Å². The van der Waals surface area contributed by atoms with Crippen molar-refractivity contribution >= 4 is 11.8 Å². The molecule has 1 aliphatic heterocycles. The van der Waals surface area contributed by atoms with E-state index in [0.717, 1.165) is 19.3 Å². The maximum Gasteiger partial charge on any atom is 0.242 e. The third-order valence-corrected chi connectivity index (χ3v) is 3.15. The van der Waals surface area contributed by atoms with Crippen LogP contribution in [-0.2, 0) is 9.59 Å². The molecule has 1 heterocycles. The highest BCUT2D eigenvalue weighted by Crippen LogP contribution is 2.18. The van der Waals surface area contributed by atoms with Crippen LogP contribution in [0.3, 0.4) is 0 Å². The van der Waals surface area contributed by atoms with Crippen molar-refractivity contribution in [2.24, 2.45) is 5.73 Å². The van der Waals surface area contributed by atoms with Crippen LogP contribution in [0.15, 0.2) is 0 Å². The minimum Gasteiger partial charge on any atom is -0.352 e. The molecule has 1 unspecified atom stereocenters. The molecule has 0 spiro atoms. The average molecular weight is 255 g/mol. The molecule has 0 bridgehead atoms. The Hall–Kier alpha value is -1.10. The summed E-state index contributed by atoms with van der Waals surface area (Å²) in [7, 11) is 0. The Bertz CT molecular complexity index is 310. The number of amides is 2. The Morgan fingerprint density at radius 2 is 2.06 bits per heavy atom. The summed E-state index contributed by atoms with van der Waals surface area (Å²) in [4.78, 5) is 25.6. The van der Waals surface area contributed by atoms with Crippen molar-refractivity contribution in [2.75, 3.05) is 13.1 Å². The molecule has 18 heavy (non-hydrogen) atoms. The second-order valence-electron chi connectivity index (χ2n) is 5.66. The topological polar surface area (TPSA) is 75.4 Å². The van der Waals surface area contributed by atoms with Gasteiger partial charge in [-0.25, -0.2) is 0 Å². The molecule has 1 fully saturated rings. The summed E-state index contributed by atoms with van der Waals surface area (Å²) in [5.41, 5.74) is 5.41. The van der Waals surface area contributed by atoms with Crippen molar-refractivity contribution < 1.29 is 9.59 Å². The minimum atomic E-state index is -0.427. The van der Waals surface area contributed by atoms with Crippen LogP contribution >= 0.6 is 0 Å². The summed E-state index contributed by atoms with van der Waals surface area (Å²) in [5.74, 6) is -0.0168. The monoisotopic (exact) mass is 255 g/mol. The number of nitrogens with zero attached hydrogens (tertiary/aromatic N) is 1. The first-order valence-corrected chi connectivity index (χ1v) is 6.71. The lowest BCUT2D eigenvalue weighted by Crippen LogP contribution is -2.54. The largest absolute Gasteiger partial charge is 0.352 e. The first kappa shape index (κ1) is 15.0. The highest BCUT2D eigenvalue weighted by molar-refractivity contribution is 5.87. The van der Waals surface area contributed by atoms with Gasteiger partial charge in [0.25, 0.3) is 0 Å². The highest BCUT2D eigenvalue weighted by Gasteiger charge is 2.31. The van der Waals surface area contributed by atoms with E-state index in [4.69, 9.17) is 5.73 Å². The third-order valence-electron chi connectivity index (χ3n) is 3.15. The fourth-order valence-electron chi connectivity index (χ4n) is 2.14. The van der Waals surface area contributed by atoms with Gasteiger partial charge in [-0.3, -0.25) is 9.59 Å². The average Bonchev–Trinajstić information content (AvgIpc) is 2.34. The molecule has 2 amide bonds. The van der Waals surface area contributed by atoms with Gasteiger partial charge < -0.3 is 16.0 Å². The molecule has 1 atom stereocenters. The van der Waals surface area contributed by atoms with Gasteiger partial charge in [-0.05, 0) is 33.1 Å². The molecule has 0 aromatic rings. The molecule has 5 nitrogen and oxygen atoms in total. The van der Waals surface area contributed by atoms with Crippen molar-refractivity contribution in [2.45, 2.75) is 58.0 Å². The van der Waals surface area contributed by atoms with Gasteiger partial charge in [0.1, 0.15) is 6.04 Å². The first-order chi connectivity index (χ1) is 8.35. The molecule has 0 aromatic heterocycles. The van der Waals surface area contributed by atoms with Crippen molar-refractivity contribution in [3.63, 3.8) is 0 Å². The zero-order chi connectivity index (χ0) is 13.8. The summed E-state index contributed by atoms with van der Waals surface area (Å²) in [6, 6.07) is -0.312. The summed E-state index contributed by atoms with van der Waals surface area (Å²) < 4.78 is 0. The molecular formula is C13H25N3O2. The quantitative estimate of drug-likeness (QED) is 0.773. The van der Waals surface area contributed by atoms with Crippen LogP contribution in [0, 0.1) is 0 Å². The summed E-state index contributed by atoms with van der Waals surface area (Å²) in [6.07, 6.45) is 3.18. The second kappa shape index (κ2) is 6.18. The van der Waals surface area contributed by atoms with Crippen LogP contribution < -0.4 is 11.1 Å². The normalized spacial score (nSPS) is 20.7. The van der Waals surface area contributed by atoms with Gasteiger partial charge in [-0.2, -0.15) is 0 Å². The smallest absolute Gasteiger partial charge is 0.242 e. The first-order valence-electron chi connectivity index (χ1n) is 6.71. The fraction of sp³-hybridized carbons (Fsp3) is 0.846. The van der Waals surface area contributed by atoms with Gasteiger partial charge in [0, 0.05) is 25.0 Å². The standard InChI is InChI=1S/C13H25N3O2/c1-4-11(17)16-8-6-5-7-10(16)12(18)15-9-13(2,3)14/h10H,4-9,14H2,1-3H3,(H,15,18). The zero-order valence-corrected chi connectivity index (χ0v) is 11.7. The molecular weight excluding hydrogens is 230 g/mol. The van der Waals surface area contributed by atoms with Gasteiger partial charge in [0.2, 0.25) is 11.8 Å². The van der Waals surface area contributed by atoms with Gasteiger partial charge in [-0.1, -0.05) is 6.92 Å². The number of carbonyl (C=O) groups excluding carboxylic acids is 2. The molecule has 1 rings (SSSR count). The van der Waals surface area contributed by atoms with Gasteiger partial charge in [0.05, 0.1) is 0 Å². The Balaban J connectivity index is 2.60. The van der Waals surface area contributed by atoms with Crippen LogP contribution in [0.1, 0.15) is 46.5 Å². The minimum absolute atomic E-state index is 0.0573. The number of likely N-dealkylation sites (tertiary alicyclic amines) is 1. The van der Waals surface area contributed by atoms with Crippen LogP contribution in [0.25, 0.3) is 0 Å².